The molecule has 0 radical (unpaired) electrons. The standard InChI is InChI=1S/C12H8N4O/c17-12-9-6-13-11(8-4-2-1-3-5-8)15-10(9)7-14-16-12/h1-7H,(H,16,17). The lowest BCUT2D eigenvalue weighted by molar-refractivity contribution is 1.00. The van der Waals surface area contributed by atoms with E-state index >= 15 is 0 Å². The van der Waals surface area contributed by atoms with Gasteiger partial charge >= 0.3 is 0 Å². The van der Waals surface area contributed by atoms with E-state index in [-0.39, 0.29) is 5.56 Å². The Balaban J connectivity index is 2.25. The van der Waals surface area contributed by atoms with Crippen LogP contribution >= 0.6 is 0 Å². The Morgan fingerprint density at radius 3 is 2.71 bits per heavy atom. The molecule has 0 bridgehead atoms. The van der Waals surface area contributed by atoms with Crippen LogP contribution in [0.25, 0.3) is 22.3 Å². The van der Waals surface area contributed by atoms with E-state index in [1.54, 1.807) is 0 Å². The Morgan fingerprint density at radius 2 is 1.88 bits per heavy atom. The van der Waals surface area contributed by atoms with Crippen molar-refractivity contribution in [1.29, 1.82) is 0 Å². The molecule has 0 atom stereocenters. The summed E-state index contributed by atoms with van der Waals surface area (Å²) < 4.78 is 0. The summed E-state index contributed by atoms with van der Waals surface area (Å²) in [6.45, 7) is 0. The van der Waals surface area contributed by atoms with Crippen LogP contribution in [0.15, 0.2) is 47.5 Å². The van der Waals surface area contributed by atoms with Crippen molar-refractivity contribution in [2.75, 3.05) is 0 Å². The first-order valence-corrected chi connectivity index (χ1v) is 5.10. The molecule has 0 aliphatic rings. The van der Waals surface area contributed by atoms with Gasteiger partial charge in [0, 0.05) is 11.8 Å². The van der Waals surface area contributed by atoms with Crippen LogP contribution in [0.1, 0.15) is 0 Å². The van der Waals surface area contributed by atoms with Gasteiger partial charge in [-0.15, -0.1) is 0 Å². The minimum Gasteiger partial charge on any atom is -0.267 e. The van der Waals surface area contributed by atoms with Gasteiger partial charge in [0.1, 0.15) is 0 Å². The van der Waals surface area contributed by atoms with Gasteiger partial charge in [0.15, 0.2) is 5.82 Å². The number of aromatic nitrogens is 4. The first-order chi connectivity index (χ1) is 8.34. The fraction of sp³-hybridized carbons (Fsp3) is 0. The van der Waals surface area contributed by atoms with Gasteiger partial charge in [-0.25, -0.2) is 15.1 Å². The molecule has 5 nitrogen and oxygen atoms in total. The quantitative estimate of drug-likeness (QED) is 0.677. The molecule has 2 heterocycles. The van der Waals surface area contributed by atoms with Crippen LogP contribution in [0, 0.1) is 0 Å². The lowest BCUT2D eigenvalue weighted by Crippen LogP contribution is -2.08. The van der Waals surface area contributed by atoms with Gasteiger partial charge < -0.3 is 0 Å². The summed E-state index contributed by atoms with van der Waals surface area (Å²) in [4.78, 5) is 19.9. The molecule has 17 heavy (non-hydrogen) atoms. The summed E-state index contributed by atoms with van der Waals surface area (Å²) >= 11 is 0. The lowest BCUT2D eigenvalue weighted by atomic mass is 10.2. The molecule has 5 heteroatoms. The third kappa shape index (κ3) is 1.67. The van der Waals surface area contributed by atoms with E-state index in [1.807, 2.05) is 30.3 Å². The average Bonchev–Trinajstić information content (AvgIpc) is 2.40. The summed E-state index contributed by atoms with van der Waals surface area (Å²) in [5, 5.41) is 6.51. The fourth-order valence-corrected chi connectivity index (χ4v) is 1.61. The molecule has 0 unspecified atom stereocenters. The monoisotopic (exact) mass is 224 g/mol. The number of hydrogen-bond donors (Lipinski definition) is 1. The van der Waals surface area contributed by atoms with Gasteiger partial charge in [0.25, 0.3) is 5.56 Å². The third-order valence-electron chi connectivity index (χ3n) is 2.45. The molecule has 0 aliphatic carbocycles. The van der Waals surface area contributed by atoms with Gasteiger partial charge in [0.2, 0.25) is 0 Å². The molecule has 2 aromatic heterocycles. The molecule has 0 saturated carbocycles. The molecule has 0 saturated heterocycles. The molecule has 3 rings (SSSR count). The lowest BCUT2D eigenvalue weighted by Gasteiger charge is -2.00. The Morgan fingerprint density at radius 1 is 1.06 bits per heavy atom. The van der Waals surface area contributed by atoms with Crippen molar-refractivity contribution in [2.24, 2.45) is 0 Å². The van der Waals surface area contributed by atoms with Gasteiger partial charge in [-0.3, -0.25) is 4.79 Å². The summed E-state index contributed by atoms with van der Waals surface area (Å²) in [5.74, 6) is 0.588. The van der Waals surface area contributed by atoms with Gasteiger partial charge in [0.05, 0.1) is 17.1 Å². The minimum atomic E-state index is -0.276. The second-order valence-electron chi connectivity index (χ2n) is 3.56. The topological polar surface area (TPSA) is 71.5 Å². The SMILES string of the molecule is O=c1[nH]ncc2nc(-c3ccccc3)ncc12. The zero-order chi connectivity index (χ0) is 11.7. The van der Waals surface area contributed by atoms with Crippen molar-refractivity contribution in [3.8, 4) is 11.4 Å². The van der Waals surface area contributed by atoms with Crippen LogP contribution < -0.4 is 5.56 Å². The van der Waals surface area contributed by atoms with Crippen molar-refractivity contribution in [3.63, 3.8) is 0 Å². The first kappa shape index (κ1) is 9.65. The molecular formula is C12H8N4O. The molecule has 0 fully saturated rings. The highest BCUT2D eigenvalue weighted by Crippen LogP contribution is 2.15. The van der Waals surface area contributed by atoms with Gasteiger partial charge in [-0.2, -0.15) is 5.10 Å². The van der Waals surface area contributed by atoms with E-state index in [0.29, 0.717) is 16.7 Å². The molecule has 3 aromatic rings. The van der Waals surface area contributed by atoms with Crippen LogP contribution in [0.2, 0.25) is 0 Å². The smallest absolute Gasteiger partial charge is 0.267 e. The third-order valence-corrected chi connectivity index (χ3v) is 2.45. The first-order valence-electron chi connectivity index (χ1n) is 5.10. The predicted molar refractivity (Wildman–Crippen MR) is 63.4 cm³/mol. The van der Waals surface area contributed by atoms with Crippen molar-refractivity contribution in [3.05, 3.63) is 53.1 Å². The highest BCUT2D eigenvalue weighted by Gasteiger charge is 2.04. The van der Waals surface area contributed by atoms with Crippen molar-refractivity contribution >= 4 is 10.9 Å². The zero-order valence-corrected chi connectivity index (χ0v) is 8.79. The van der Waals surface area contributed by atoms with E-state index in [9.17, 15) is 4.79 Å². The Labute approximate surface area is 96.2 Å². The number of aromatic amines is 1. The number of benzene rings is 1. The highest BCUT2D eigenvalue weighted by atomic mass is 16.1. The molecule has 0 amide bonds. The van der Waals surface area contributed by atoms with Crippen molar-refractivity contribution in [1.82, 2.24) is 20.2 Å². The molecular weight excluding hydrogens is 216 g/mol. The summed E-state index contributed by atoms with van der Waals surface area (Å²) in [5.41, 5.74) is 1.18. The Hall–Kier alpha value is -2.56. The maximum absolute atomic E-state index is 11.4. The predicted octanol–water partition coefficient (Wildman–Crippen LogP) is 1.38. The zero-order valence-electron chi connectivity index (χ0n) is 8.79. The summed E-state index contributed by atoms with van der Waals surface area (Å²) in [7, 11) is 0. The van der Waals surface area contributed by atoms with Crippen LogP contribution in [-0.4, -0.2) is 20.2 Å². The second kappa shape index (κ2) is 3.79. The maximum Gasteiger partial charge on any atom is 0.275 e. The normalized spacial score (nSPS) is 10.6. The fourth-order valence-electron chi connectivity index (χ4n) is 1.61. The van der Waals surface area contributed by atoms with Crippen molar-refractivity contribution < 1.29 is 0 Å². The molecule has 1 aromatic carbocycles. The summed E-state index contributed by atoms with van der Waals surface area (Å²) in [6, 6.07) is 9.60. The minimum absolute atomic E-state index is 0.276. The van der Waals surface area contributed by atoms with E-state index in [0.717, 1.165) is 5.56 Å². The Kier molecular flexibility index (Phi) is 2.15. The van der Waals surface area contributed by atoms with E-state index in [2.05, 4.69) is 20.2 Å². The largest absolute Gasteiger partial charge is 0.275 e. The highest BCUT2D eigenvalue weighted by molar-refractivity contribution is 5.77. The number of hydrogen-bond acceptors (Lipinski definition) is 4. The van der Waals surface area contributed by atoms with E-state index in [1.165, 1.54) is 12.4 Å². The van der Waals surface area contributed by atoms with E-state index in [4.69, 9.17) is 0 Å². The van der Waals surface area contributed by atoms with E-state index < -0.39 is 0 Å². The average molecular weight is 224 g/mol. The molecule has 0 aliphatic heterocycles. The van der Waals surface area contributed by atoms with Gasteiger partial charge in [-0.05, 0) is 0 Å². The number of nitrogens with zero attached hydrogens (tertiary/aromatic N) is 3. The Bertz CT molecular complexity index is 721. The summed E-state index contributed by atoms with van der Waals surface area (Å²) in [6.07, 6.45) is 3.04. The van der Waals surface area contributed by atoms with Crippen molar-refractivity contribution in [2.45, 2.75) is 0 Å². The number of rotatable bonds is 1. The number of H-pyrrole nitrogens is 1. The van der Waals surface area contributed by atoms with Crippen LogP contribution in [0.5, 0.6) is 0 Å². The van der Waals surface area contributed by atoms with Crippen LogP contribution in [-0.2, 0) is 0 Å². The van der Waals surface area contributed by atoms with Crippen LogP contribution in [0.3, 0.4) is 0 Å². The molecule has 82 valence electrons. The van der Waals surface area contributed by atoms with Crippen LogP contribution in [0.4, 0.5) is 0 Å². The molecule has 0 spiro atoms. The molecule has 1 N–H and O–H groups in total. The second-order valence-corrected chi connectivity index (χ2v) is 3.56. The van der Waals surface area contributed by atoms with Gasteiger partial charge in [-0.1, -0.05) is 30.3 Å². The maximum atomic E-state index is 11.4. The number of fused-ring (bicyclic) bond motifs is 1. The number of nitrogens with one attached hydrogen (secondary N) is 1.